The maximum absolute atomic E-state index is 13.3. The van der Waals surface area contributed by atoms with Crippen molar-refractivity contribution in [3.63, 3.8) is 0 Å². The Bertz CT molecular complexity index is 1210. The summed E-state index contributed by atoms with van der Waals surface area (Å²) in [5.41, 5.74) is 0.738. The van der Waals surface area contributed by atoms with Gasteiger partial charge >= 0.3 is 0 Å². The molecule has 2 aromatic heterocycles. The van der Waals surface area contributed by atoms with Gasteiger partial charge in [0.1, 0.15) is 0 Å². The summed E-state index contributed by atoms with van der Waals surface area (Å²) in [5.74, 6) is -0.468. The quantitative estimate of drug-likeness (QED) is 0.592. The molecule has 0 fully saturated rings. The molecule has 0 bridgehead atoms. The fraction of sp³-hybridized carbons (Fsp3) is 0.300. The highest BCUT2D eigenvalue weighted by atomic mass is 32.2. The van der Waals surface area contributed by atoms with Gasteiger partial charge in [0.25, 0.3) is 11.1 Å². The van der Waals surface area contributed by atoms with E-state index in [9.17, 15) is 19.8 Å². The van der Waals surface area contributed by atoms with Crippen LogP contribution in [0.2, 0.25) is 0 Å². The summed E-state index contributed by atoms with van der Waals surface area (Å²) >= 11 is 2.79. The molecule has 5 rings (SSSR count). The van der Waals surface area contributed by atoms with E-state index in [4.69, 9.17) is 0 Å². The lowest BCUT2D eigenvalue weighted by Gasteiger charge is -2.20. The lowest BCUT2D eigenvalue weighted by molar-refractivity contribution is 0.414. The maximum atomic E-state index is 13.3. The molecule has 0 unspecified atom stereocenters. The van der Waals surface area contributed by atoms with Crippen molar-refractivity contribution in [3.8, 4) is 11.8 Å². The normalized spacial score (nSPS) is 14.9. The fourth-order valence-corrected chi connectivity index (χ4v) is 5.77. The first kappa shape index (κ1) is 19.3. The van der Waals surface area contributed by atoms with Crippen molar-refractivity contribution in [2.24, 2.45) is 0 Å². The molecule has 3 aromatic rings. The number of aryl methyl sites for hydroxylation is 1. The van der Waals surface area contributed by atoms with E-state index in [1.165, 1.54) is 32.7 Å². The average Bonchev–Trinajstić information content (AvgIpc) is 3.37. The summed E-state index contributed by atoms with van der Waals surface area (Å²) in [6, 6.07) is 7.30. The Labute approximate surface area is 179 Å². The minimum absolute atomic E-state index is 0.0227. The summed E-state index contributed by atoms with van der Waals surface area (Å²) < 4.78 is 3.01. The van der Waals surface area contributed by atoms with Crippen LogP contribution in [0.4, 0.5) is 0 Å². The van der Waals surface area contributed by atoms with E-state index in [1.807, 2.05) is 19.1 Å². The monoisotopic (exact) mass is 442 g/mol. The van der Waals surface area contributed by atoms with Crippen molar-refractivity contribution < 1.29 is 10.2 Å². The average molecular weight is 443 g/mol. The van der Waals surface area contributed by atoms with Gasteiger partial charge < -0.3 is 10.2 Å². The van der Waals surface area contributed by atoms with Gasteiger partial charge in [-0.3, -0.25) is 18.7 Å². The predicted molar refractivity (Wildman–Crippen MR) is 114 cm³/mol. The fourth-order valence-electron chi connectivity index (χ4n) is 3.89. The second kappa shape index (κ2) is 7.21. The SMILES string of the molecule is Cc1ccc(C(c2c(O)nc3n(c2=O)CCS3)c2c(O)nc3n(c2=O)CCS3)cc1. The molecule has 2 aliphatic heterocycles. The third-order valence-corrected chi connectivity index (χ3v) is 7.29. The van der Waals surface area contributed by atoms with E-state index in [2.05, 4.69) is 9.97 Å². The zero-order chi connectivity index (χ0) is 21.0. The number of hydrogen-bond acceptors (Lipinski definition) is 8. The Morgan fingerprint density at radius 3 is 1.80 bits per heavy atom. The second-order valence-electron chi connectivity index (χ2n) is 7.22. The van der Waals surface area contributed by atoms with Gasteiger partial charge in [0.05, 0.1) is 17.0 Å². The standard InChI is InChI=1S/C20H18N4O4S2/c1-10-2-4-11(5-3-10)12(13-15(25)21-19-23(17(13)27)6-8-29-19)14-16(26)22-20-24(18(14)28)7-9-30-20/h2-5,12,25-26H,6-9H2,1H3. The Kier molecular flexibility index (Phi) is 4.62. The van der Waals surface area contributed by atoms with Crippen molar-refractivity contribution in [2.75, 3.05) is 11.5 Å². The molecule has 154 valence electrons. The number of nitrogens with zero attached hydrogens (tertiary/aromatic N) is 4. The first-order valence-electron chi connectivity index (χ1n) is 9.45. The number of rotatable bonds is 3. The molecule has 4 heterocycles. The van der Waals surface area contributed by atoms with Crippen molar-refractivity contribution in [3.05, 3.63) is 67.2 Å². The van der Waals surface area contributed by atoms with Crippen LogP contribution in [0.15, 0.2) is 44.2 Å². The topological polar surface area (TPSA) is 110 Å². The van der Waals surface area contributed by atoms with E-state index >= 15 is 0 Å². The van der Waals surface area contributed by atoms with Crippen molar-refractivity contribution >= 4 is 23.5 Å². The Morgan fingerprint density at radius 2 is 1.33 bits per heavy atom. The van der Waals surface area contributed by atoms with E-state index < -0.39 is 28.8 Å². The lowest BCUT2D eigenvalue weighted by Crippen LogP contribution is -2.32. The number of aromatic nitrogens is 4. The molecule has 0 saturated heterocycles. The van der Waals surface area contributed by atoms with Crippen LogP contribution in [0.3, 0.4) is 0 Å². The minimum atomic E-state index is -0.989. The molecular weight excluding hydrogens is 424 g/mol. The van der Waals surface area contributed by atoms with E-state index in [-0.39, 0.29) is 11.1 Å². The second-order valence-corrected chi connectivity index (χ2v) is 9.34. The molecule has 2 aliphatic rings. The number of fused-ring (bicyclic) bond motifs is 2. The van der Waals surface area contributed by atoms with Crippen LogP contribution in [0, 0.1) is 6.92 Å². The van der Waals surface area contributed by atoms with Gasteiger partial charge in [-0.2, -0.15) is 9.97 Å². The van der Waals surface area contributed by atoms with E-state index in [0.29, 0.717) is 40.5 Å². The van der Waals surface area contributed by atoms with Crippen molar-refractivity contribution in [2.45, 2.75) is 36.2 Å². The van der Waals surface area contributed by atoms with Gasteiger partial charge in [-0.05, 0) is 12.5 Å². The molecular formula is C20H18N4O4S2. The summed E-state index contributed by atoms with van der Waals surface area (Å²) in [5, 5.41) is 22.4. The van der Waals surface area contributed by atoms with Crippen molar-refractivity contribution in [1.82, 2.24) is 19.1 Å². The molecule has 30 heavy (non-hydrogen) atoms. The van der Waals surface area contributed by atoms with E-state index in [0.717, 1.165) is 5.56 Å². The Morgan fingerprint density at radius 1 is 0.867 bits per heavy atom. The van der Waals surface area contributed by atoms with Crippen molar-refractivity contribution in [1.29, 1.82) is 0 Å². The van der Waals surface area contributed by atoms with E-state index in [1.54, 1.807) is 12.1 Å². The first-order chi connectivity index (χ1) is 14.5. The minimum Gasteiger partial charge on any atom is -0.493 e. The molecule has 2 N–H and O–H groups in total. The largest absolute Gasteiger partial charge is 0.493 e. The van der Waals surface area contributed by atoms with Crippen LogP contribution in [0.1, 0.15) is 28.2 Å². The summed E-state index contributed by atoms with van der Waals surface area (Å²) in [7, 11) is 0. The zero-order valence-corrected chi connectivity index (χ0v) is 17.7. The Hall–Kier alpha value is -2.72. The third kappa shape index (κ3) is 2.93. The third-order valence-electron chi connectivity index (χ3n) is 5.38. The molecule has 0 radical (unpaired) electrons. The number of aromatic hydroxyl groups is 2. The van der Waals surface area contributed by atoms with Crippen LogP contribution >= 0.6 is 23.5 Å². The van der Waals surface area contributed by atoms with Gasteiger partial charge in [0.15, 0.2) is 10.3 Å². The molecule has 0 spiro atoms. The molecule has 1 aromatic carbocycles. The van der Waals surface area contributed by atoms with Gasteiger partial charge in [-0.15, -0.1) is 0 Å². The van der Waals surface area contributed by atoms with Gasteiger partial charge in [-0.1, -0.05) is 53.4 Å². The zero-order valence-electron chi connectivity index (χ0n) is 16.0. The van der Waals surface area contributed by atoms with Gasteiger partial charge in [0.2, 0.25) is 11.8 Å². The summed E-state index contributed by atoms with van der Waals surface area (Å²) in [6.45, 7) is 2.88. The Balaban J connectivity index is 1.83. The molecule has 8 nitrogen and oxygen atoms in total. The molecule has 0 atom stereocenters. The van der Waals surface area contributed by atoms with Crippen LogP contribution in [-0.2, 0) is 13.1 Å². The van der Waals surface area contributed by atoms with Gasteiger partial charge in [0, 0.05) is 24.6 Å². The highest BCUT2D eigenvalue weighted by Crippen LogP contribution is 2.38. The molecule has 0 aliphatic carbocycles. The van der Waals surface area contributed by atoms with Crippen LogP contribution in [0.25, 0.3) is 0 Å². The number of benzene rings is 1. The molecule has 10 heteroatoms. The highest BCUT2D eigenvalue weighted by Gasteiger charge is 2.34. The smallest absolute Gasteiger partial charge is 0.262 e. The molecule has 0 amide bonds. The predicted octanol–water partition coefficient (Wildman–Crippen LogP) is 1.91. The van der Waals surface area contributed by atoms with Gasteiger partial charge in [-0.25, -0.2) is 0 Å². The summed E-state index contributed by atoms with van der Waals surface area (Å²) in [6.07, 6.45) is 0. The maximum Gasteiger partial charge on any atom is 0.262 e. The summed E-state index contributed by atoms with van der Waals surface area (Å²) in [4.78, 5) is 35.1. The number of thioether (sulfide) groups is 2. The first-order valence-corrected chi connectivity index (χ1v) is 11.4. The molecule has 0 saturated carbocycles. The van der Waals surface area contributed by atoms with Crippen LogP contribution in [0.5, 0.6) is 11.8 Å². The van der Waals surface area contributed by atoms with Crippen LogP contribution in [-0.4, -0.2) is 40.8 Å². The highest BCUT2D eigenvalue weighted by molar-refractivity contribution is 7.99. The van der Waals surface area contributed by atoms with Crippen LogP contribution < -0.4 is 11.1 Å². The lowest BCUT2D eigenvalue weighted by atomic mass is 9.86. The number of hydrogen-bond donors (Lipinski definition) is 2.